The highest BCUT2D eigenvalue weighted by Gasteiger charge is 2.22. The maximum atomic E-state index is 10.8. The molecule has 6 heteroatoms. The monoisotopic (exact) mass is 286 g/mol. The van der Waals surface area contributed by atoms with Crippen LogP contribution < -0.4 is 5.32 Å². The molecule has 0 amide bonds. The number of nitrogens with one attached hydrogen (secondary N) is 1. The third-order valence-corrected chi connectivity index (χ3v) is 4.80. The maximum absolute atomic E-state index is 10.8. The van der Waals surface area contributed by atoms with Crippen LogP contribution in [0.2, 0.25) is 5.02 Å². The van der Waals surface area contributed by atoms with E-state index in [0.717, 1.165) is 12.1 Å². The van der Waals surface area contributed by atoms with Crippen molar-refractivity contribution in [2.24, 2.45) is 0 Å². The molecule has 1 saturated heterocycles. The third-order valence-electron chi connectivity index (χ3n) is 3.10. The highest BCUT2D eigenvalue weighted by Crippen LogP contribution is 2.31. The summed E-state index contributed by atoms with van der Waals surface area (Å²) in [5, 5.41) is 14.9. The number of thioether (sulfide) groups is 1. The van der Waals surface area contributed by atoms with Gasteiger partial charge in [-0.15, -0.1) is 0 Å². The summed E-state index contributed by atoms with van der Waals surface area (Å²) in [6.07, 6.45) is 2.28. The van der Waals surface area contributed by atoms with E-state index in [0.29, 0.717) is 11.3 Å². The topological polar surface area (TPSA) is 55.2 Å². The third kappa shape index (κ3) is 3.09. The van der Waals surface area contributed by atoms with E-state index in [4.69, 9.17) is 11.6 Å². The lowest BCUT2D eigenvalue weighted by atomic mass is 10.1. The highest BCUT2D eigenvalue weighted by molar-refractivity contribution is 8.00. The molecule has 0 radical (unpaired) electrons. The van der Waals surface area contributed by atoms with Crippen LogP contribution in [0.25, 0.3) is 0 Å². The Morgan fingerprint density at radius 3 is 3.00 bits per heavy atom. The van der Waals surface area contributed by atoms with Crippen LogP contribution in [0.3, 0.4) is 0 Å². The lowest BCUT2D eigenvalue weighted by Crippen LogP contribution is -2.32. The Hall–Kier alpha value is -0.940. The standard InChI is InChI=1S/C12H15ClN2O2S/c1-8-11(3-2-6-18-8)14-9-4-5-10(13)12(7-9)15(16)17/h4-5,7-8,11,14H,2-3,6H2,1H3. The summed E-state index contributed by atoms with van der Waals surface area (Å²) >= 11 is 7.73. The molecule has 1 N–H and O–H groups in total. The average Bonchev–Trinajstić information content (AvgIpc) is 2.34. The summed E-state index contributed by atoms with van der Waals surface area (Å²) < 4.78 is 0. The van der Waals surface area contributed by atoms with E-state index >= 15 is 0 Å². The molecule has 2 atom stereocenters. The number of nitro groups is 1. The van der Waals surface area contributed by atoms with Crippen LogP contribution >= 0.6 is 23.4 Å². The van der Waals surface area contributed by atoms with Gasteiger partial charge in [0.2, 0.25) is 0 Å². The molecular weight excluding hydrogens is 272 g/mol. The Morgan fingerprint density at radius 2 is 2.33 bits per heavy atom. The lowest BCUT2D eigenvalue weighted by molar-refractivity contribution is -0.384. The summed E-state index contributed by atoms with van der Waals surface area (Å²) in [4.78, 5) is 10.4. The number of nitro benzene ring substituents is 1. The summed E-state index contributed by atoms with van der Waals surface area (Å²) in [5.41, 5.74) is 0.725. The normalized spacial score (nSPS) is 23.7. The zero-order valence-corrected chi connectivity index (χ0v) is 11.6. The number of anilines is 1. The molecule has 0 bridgehead atoms. The Kier molecular flexibility index (Phi) is 4.35. The van der Waals surface area contributed by atoms with Gasteiger partial charge >= 0.3 is 0 Å². The van der Waals surface area contributed by atoms with Gasteiger partial charge in [0, 0.05) is 23.0 Å². The first-order chi connectivity index (χ1) is 8.58. The van der Waals surface area contributed by atoms with Crippen molar-refractivity contribution in [3.8, 4) is 0 Å². The number of benzene rings is 1. The Balaban J connectivity index is 2.14. The molecule has 2 unspecified atom stereocenters. The molecular formula is C12H15ClN2O2S. The molecule has 98 valence electrons. The van der Waals surface area contributed by atoms with Crippen molar-refractivity contribution in [1.29, 1.82) is 0 Å². The molecule has 4 nitrogen and oxygen atoms in total. The van der Waals surface area contributed by atoms with Gasteiger partial charge in [-0.1, -0.05) is 18.5 Å². The van der Waals surface area contributed by atoms with E-state index in [9.17, 15) is 10.1 Å². The summed E-state index contributed by atoms with van der Waals surface area (Å²) in [6.45, 7) is 2.19. The Labute approximate surface area is 115 Å². The van der Waals surface area contributed by atoms with Crippen LogP contribution in [0.1, 0.15) is 19.8 Å². The van der Waals surface area contributed by atoms with Crippen molar-refractivity contribution >= 4 is 34.7 Å². The largest absolute Gasteiger partial charge is 0.381 e. The summed E-state index contributed by atoms with van der Waals surface area (Å²) in [7, 11) is 0. The van der Waals surface area contributed by atoms with E-state index in [1.54, 1.807) is 12.1 Å². The summed E-state index contributed by atoms with van der Waals surface area (Å²) in [5.74, 6) is 1.19. The van der Waals surface area contributed by atoms with Gasteiger partial charge in [-0.2, -0.15) is 11.8 Å². The van der Waals surface area contributed by atoms with Crippen LogP contribution in [0, 0.1) is 10.1 Å². The van der Waals surface area contributed by atoms with Gasteiger partial charge in [0.25, 0.3) is 5.69 Å². The summed E-state index contributed by atoms with van der Waals surface area (Å²) in [6, 6.07) is 5.24. The van der Waals surface area contributed by atoms with Crippen LogP contribution in [-0.4, -0.2) is 22.0 Å². The molecule has 0 saturated carbocycles. The van der Waals surface area contributed by atoms with Gasteiger partial charge in [0.05, 0.1) is 4.92 Å². The fourth-order valence-electron chi connectivity index (χ4n) is 2.07. The quantitative estimate of drug-likeness (QED) is 0.675. The molecule has 2 rings (SSSR count). The van der Waals surface area contributed by atoms with E-state index in [-0.39, 0.29) is 10.7 Å². The molecule has 0 aromatic heterocycles. The van der Waals surface area contributed by atoms with Crippen molar-refractivity contribution in [2.75, 3.05) is 11.1 Å². The van der Waals surface area contributed by atoms with E-state index in [1.807, 2.05) is 11.8 Å². The van der Waals surface area contributed by atoms with Crippen LogP contribution in [0.4, 0.5) is 11.4 Å². The fourth-order valence-corrected chi connectivity index (χ4v) is 3.40. The first-order valence-electron chi connectivity index (χ1n) is 5.90. The first kappa shape index (κ1) is 13.5. The maximum Gasteiger partial charge on any atom is 0.289 e. The van der Waals surface area contributed by atoms with E-state index in [2.05, 4.69) is 12.2 Å². The van der Waals surface area contributed by atoms with Crippen LogP contribution in [-0.2, 0) is 0 Å². The second kappa shape index (κ2) is 5.80. The van der Waals surface area contributed by atoms with Gasteiger partial charge in [-0.3, -0.25) is 10.1 Å². The van der Waals surface area contributed by atoms with Crippen LogP contribution in [0.15, 0.2) is 18.2 Å². The number of halogens is 1. The van der Waals surface area contributed by atoms with Crippen molar-refractivity contribution in [3.05, 3.63) is 33.3 Å². The zero-order chi connectivity index (χ0) is 13.1. The minimum Gasteiger partial charge on any atom is -0.381 e. The van der Waals surface area contributed by atoms with E-state index in [1.165, 1.54) is 18.2 Å². The molecule has 1 fully saturated rings. The number of hydrogen-bond acceptors (Lipinski definition) is 4. The van der Waals surface area contributed by atoms with Gasteiger partial charge in [0.1, 0.15) is 5.02 Å². The second-order valence-electron chi connectivity index (χ2n) is 4.39. The fraction of sp³-hybridized carbons (Fsp3) is 0.500. The minimum absolute atomic E-state index is 0.0437. The molecule has 1 aliphatic heterocycles. The van der Waals surface area contributed by atoms with Gasteiger partial charge in [-0.25, -0.2) is 0 Å². The molecule has 1 aromatic rings. The molecule has 0 spiro atoms. The molecule has 0 aliphatic carbocycles. The lowest BCUT2D eigenvalue weighted by Gasteiger charge is -2.29. The zero-order valence-electron chi connectivity index (χ0n) is 10.1. The number of rotatable bonds is 3. The SMILES string of the molecule is CC1SCCCC1Nc1ccc(Cl)c([N+](=O)[O-])c1. The van der Waals surface area contributed by atoms with Crippen LogP contribution in [0.5, 0.6) is 0 Å². The number of nitrogens with zero attached hydrogens (tertiary/aromatic N) is 1. The first-order valence-corrected chi connectivity index (χ1v) is 7.32. The van der Waals surface area contributed by atoms with Crippen molar-refractivity contribution in [2.45, 2.75) is 31.1 Å². The highest BCUT2D eigenvalue weighted by atomic mass is 35.5. The minimum atomic E-state index is -0.452. The predicted octanol–water partition coefficient (Wildman–Crippen LogP) is 3.94. The predicted molar refractivity (Wildman–Crippen MR) is 76.7 cm³/mol. The van der Waals surface area contributed by atoms with Gasteiger partial charge in [-0.05, 0) is 30.7 Å². The molecule has 1 aliphatic rings. The van der Waals surface area contributed by atoms with Crippen molar-refractivity contribution in [1.82, 2.24) is 0 Å². The van der Waals surface area contributed by atoms with Crippen molar-refractivity contribution in [3.63, 3.8) is 0 Å². The molecule has 1 heterocycles. The van der Waals surface area contributed by atoms with Gasteiger partial charge < -0.3 is 5.32 Å². The number of hydrogen-bond donors (Lipinski definition) is 1. The second-order valence-corrected chi connectivity index (χ2v) is 6.28. The smallest absolute Gasteiger partial charge is 0.289 e. The van der Waals surface area contributed by atoms with E-state index < -0.39 is 4.92 Å². The van der Waals surface area contributed by atoms with Crippen molar-refractivity contribution < 1.29 is 4.92 Å². The Morgan fingerprint density at radius 1 is 1.56 bits per heavy atom. The molecule has 18 heavy (non-hydrogen) atoms. The van der Waals surface area contributed by atoms with Gasteiger partial charge in [0.15, 0.2) is 0 Å². The Bertz CT molecular complexity index is 456. The average molecular weight is 287 g/mol. The molecule has 1 aromatic carbocycles.